The minimum Gasteiger partial charge on any atom is -0.396 e. The summed E-state index contributed by atoms with van der Waals surface area (Å²) in [6.07, 6.45) is 1.66. The standard InChI is InChI=1S/C18H22N2O2S/c21-13-15-8-9-20(12-15)18(22)19-16(17-7-4-10-23-17)11-14-5-2-1-3-6-14/h1-7,10,15-16,21H,8-9,11-13H2,(H,19,22). The van der Waals surface area contributed by atoms with Crippen LogP contribution in [0.1, 0.15) is 22.9 Å². The summed E-state index contributed by atoms with van der Waals surface area (Å²) in [6.45, 7) is 1.52. The lowest BCUT2D eigenvalue weighted by Gasteiger charge is -2.23. The summed E-state index contributed by atoms with van der Waals surface area (Å²) in [7, 11) is 0. The molecule has 0 saturated carbocycles. The smallest absolute Gasteiger partial charge is 0.317 e. The molecule has 3 rings (SSSR count). The molecular weight excluding hydrogens is 308 g/mol. The van der Waals surface area contributed by atoms with Crippen LogP contribution < -0.4 is 5.32 Å². The summed E-state index contributed by atoms with van der Waals surface area (Å²) in [5.41, 5.74) is 1.21. The topological polar surface area (TPSA) is 52.6 Å². The van der Waals surface area contributed by atoms with Gasteiger partial charge < -0.3 is 15.3 Å². The number of amides is 2. The summed E-state index contributed by atoms with van der Waals surface area (Å²) >= 11 is 1.67. The molecule has 0 radical (unpaired) electrons. The van der Waals surface area contributed by atoms with Gasteiger partial charge in [-0.05, 0) is 29.9 Å². The first-order chi connectivity index (χ1) is 11.3. The number of hydrogen-bond acceptors (Lipinski definition) is 3. The Hall–Kier alpha value is -1.85. The Labute approximate surface area is 140 Å². The molecule has 122 valence electrons. The summed E-state index contributed by atoms with van der Waals surface area (Å²) in [6, 6.07) is 14.3. The number of rotatable bonds is 5. The van der Waals surface area contributed by atoms with E-state index in [1.807, 2.05) is 34.5 Å². The van der Waals surface area contributed by atoms with Gasteiger partial charge >= 0.3 is 6.03 Å². The summed E-state index contributed by atoms with van der Waals surface area (Å²) in [4.78, 5) is 15.5. The molecule has 1 aromatic heterocycles. The van der Waals surface area contributed by atoms with E-state index < -0.39 is 0 Å². The van der Waals surface area contributed by atoms with Crippen molar-refractivity contribution in [2.75, 3.05) is 19.7 Å². The molecule has 5 heteroatoms. The second kappa shape index (κ2) is 7.62. The van der Waals surface area contributed by atoms with E-state index >= 15 is 0 Å². The van der Waals surface area contributed by atoms with E-state index in [2.05, 4.69) is 23.5 Å². The molecule has 2 amide bonds. The number of nitrogens with one attached hydrogen (secondary N) is 1. The van der Waals surface area contributed by atoms with E-state index in [1.54, 1.807) is 11.3 Å². The molecule has 23 heavy (non-hydrogen) atoms. The van der Waals surface area contributed by atoms with Gasteiger partial charge in [0.25, 0.3) is 0 Å². The number of nitrogens with zero attached hydrogens (tertiary/aromatic N) is 1. The van der Waals surface area contributed by atoms with Crippen LogP contribution in [0.3, 0.4) is 0 Å². The van der Waals surface area contributed by atoms with Crippen LogP contribution in [0.25, 0.3) is 0 Å². The predicted octanol–water partition coefficient (Wildman–Crippen LogP) is 3.06. The van der Waals surface area contributed by atoms with Crippen molar-refractivity contribution in [1.29, 1.82) is 0 Å². The van der Waals surface area contributed by atoms with Gasteiger partial charge in [-0.25, -0.2) is 4.79 Å². The number of urea groups is 1. The third kappa shape index (κ3) is 4.12. The van der Waals surface area contributed by atoms with Crippen LogP contribution >= 0.6 is 11.3 Å². The Bertz CT molecular complexity index is 615. The predicted molar refractivity (Wildman–Crippen MR) is 92.5 cm³/mol. The molecule has 0 aliphatic carbocycles. The Morgan fingerprint density at radius 3 is 2.78 bits per heavy atom. The molecule has 1 fully saturated rings. The zero-order valence-electron chi connectivity index (χ0n) is 13.0. The molecule has 4 nitrogen and oxygen atoms in total. The Balaban J connectivity index is 1.68. The maximum Gasteiger partial charge on any atom is 0.317 e. The highest BCUT2D eigenvalue weighted by atomic mass is 32.1. The lowest BCUT2D eigenvalue weighted by Crippen LogP contribution is -2.41. The molecule has 1 aliphatic heterocycles. The van der Waals surface area contributed by atoms with Crippen molar-refractivity contribution in [1.82, 2.24) is 10.2 Å². The fourth-order valence-electron chi connectivity index (χ4n) is 2.97. The SMILES string of the molecule is O=C(NC(Cc1ccccc1)c1cccs1)N1CCC(CO)C1. The second-order valence-corrected chi connectivity index (χ2v) is 6.97. The average molecular weight is 330 g/mol. The first-order valence-electron chi connectivity index (χ1n) is 8.00. The number of thiophene rings is 1. The van der Waals surface area contributed by atoms with Crippen molar-refractivity contribution in [2.24, 2.45) is 5.92 Å². The Kier molecular flexibility index (Phi) is 5.31. The van der Waals surface area contributed by atoms with E-state index in [0.717, 1.165) is 19.4 Å². The summed E-state index contributed by atoms with van der Waals surface area (Å²) in [5.74, 6) is 0.218. The van der Waals surface area contributed by atoms with Crippen molar-refractivity contribution >= 4 is 17.4 Å². The number of aliphatic hydroxyl groups is 1. The van der Waals surface area contributed by atoms with Gasteiger partial charge in [0, 0.05) is 30.5 Å². The second-order valence-electron chi connectivity index (χ2n) is 5.99. The van der Waals surface area contributed by atoms with E-state index in [1.165, 1.54) is 10.4 Å². The quantitative estimate of drug-likeness (QED) is 0.885. The monoisotopic (exact) mass is 330 g/mol. The van der Waals surface area contributed by atoms with Gasteiger partial charge in [-0.15, -0.1) is 11.3 Å². The maximum atomic E-state index is 12.5. The van der Waals surface area contributed by atoms with Crippen LogP contribution in [-0.4, -0.2) is 35.7 Å². The van der Waals surface area contributed by atoms with Gasteiger partial charge in [0.05, 0.1) is 6.04 Å². The first-order valence-corrected chi connectivity index (χ1v) is 8.88. The molecule has 0 bridgehead atoms. The highest BCUT2D eigenvalue weighted by Gasteiger charge is 2.27. The van der Waals surface area contributed by atoms with E-state index in [-0.39, 0.29) is 24.6 Å². The van der Waals surface area contributed by atoms with Crippen LogP contribution in [0.4, 0.5) is 4.79 Å². The number of carbonyl (C=O) groups excluding carboxylic acids is 1. The Morgan fingerprint density at radius 2 is 2.13 bits per heavy atom. The van der Waals surface area contributed by atoms with E-state index in [9.17, 15) is 9.90 Å². The van der Waals surface area contributed by atoms with Crippen molar-refractivity contribution < 1.29 is 9.90 Å². The fraction of sp³-hybridized carbons (Fsp3) is 0.389. The van der Waals surface area contributed by atoms with Gasteiger partial charge in [-0.2, -0.15) is 0 Å². The van der Waals surface area contributed by atoms with Crippen LogP contribution in [0.5, 0.6) is 0 Å². The van der Waals surface area contributed by atoms with Gasteiger partial charge in [-0.1, -0.05) is 36.4 Å². The van der Waals surface area contributed by atoms with Crippen molar-refractivity contribution in [2.45, 2.75) is 18.9 Å². The lowest BCUT2D eigenvalue weighted by molar-refractivity contribution is 0.195. The van der Waals surface area contributed by atoms with Gasteiger partial charge in [-0.3, -0.25) is 0 Å². The molecule has 0 spiro atoms. The van der Waals surface area contributed by atoms with Crippen LogP contribution in [-0.2, 0) is 6.42 Å². The van der Waals surface area contributed by atoms with Gasteiger partial charge in [0.2, 0.25) is 0 Å². The van der Waals surface area contributed by atoms with Crippen molar-refractivity contribution in [3.8, 4) is 0 Å². The largest absolute Gasteiger partial charge is 0.396 e. The molecule has 1 saturated heterocycles. The number of likely N-dealkylation sites (tertiary alicyclic amines) is 1. The zero-order chi connectivity index (χ0) is 16.1. The van der Waals surface area contributed by atoms with E-state index in [0.29, 0.717) is 6.54 Å². The van der Waals surface area contributed by atoms with E-state index in [4.69, 9.17) is 0 Å². The van der Waals surface area contributed by atoms with Crippen molar-refractivity contribution in [3.63, 3.8) is 0 Å². The molecular formula is C18H22N2O2S. The van der Waals surface area contributed by atoms with Crippen molar-refractivity contribution in [3.05, 3.63) is 58.3 Å². The molecule has 1 aliphatic rings. The number of benzene rings is 1. The van der Waals surface area contributed by atoms with Crippen LogP contribution in [0, 0.1) is 5.92 Å². The van der Waals surface area contributed by atoms with Gasteiger partial charge in [0.1, 0.15) is 0 Å². The minimum absolute atomic E-state index is 0.0157. The summed E-state index contributed by atoms with van der Waals surface area (Å²) < 4.78 is 0. The Morgan fingerprint density at radius 1 is 1.30 bits per heavy atom. The molecule has 2 unspecified atom stereocenters. The third-order valence-corrected chi connectivity index (χ3v) is 5.28. The fourth-order valence-corrected chi connectivity index (χ4v) is 3.75. The number of aliphatic hydroxyl groups excluding tert-OH is 1. The van der Waals surface area contributed by atoms with Gasteiger partial charge in [0.15, 0.2) is 0 Å². The zero-order valence-corrected chi connectivity index (χ0v) is 13.8. The normalized spacial score (nSPS) is 18.8. The summed E-state index contributed by atoms with van der Waals surface area (Å²) in [5, 5.41) is 14.4. The molecule has 2 N–H and O–H groups in total. The minimum atomic E-state index is -0.0321. The highest BCUT2D eigenvalue weighted by Crippen LogP contribution is 2.24. The average Bonchev–Trinajstić information content (AvgIpc) is 3.27. The molecule has 2 atom stereocenters. The number of hydrogen-bond donors (Lipinski definition) is 2. The van der Waals surface area contributed by atoms with Crippen LogP contribution in [0.2, 0.25) is 0 Å². The number of carbonyl (C=O) groups is 1. The molecule has 2 aromatic rings. The highest BCUT2D eigenvalue weighted by molar-refractivity contribution is 7.10. The lowest BCUT2D eigenvalue weighted by atomic mass is 10.0. The molecule has 1 aromatic carbocycles. The third-order valence-electron chi connectivity index (χ3n) is 4.30. The van der Waals surface area contributed by atoms with Crippen LogP contribution in [0.15, 0.2) is 47.8 Å². The molecule has 2 heterocycles. The first kappa shape index (κ1) is 16.0. The maximum absolute atomic E-state index is 12.5.